The Kier molecular flexibility index (Phi) is 7.60. The Labute approximate surface area is 183 Å². The lowest BCUT2D eigenvalue weighted by Crippen LogP contribution is -2.23. The number of H-pyrrole nitrogens is 1. The molecule has 0 unspecified atom stereocenters. The summed E-state index contributed by atoms with van der Waals surface area (Å²) in [4.78, 5) is 35.0. The van der Waals surface area contributed by atoms with Crippen LogP contribution in [0.1, 0.15) is 40.3 Å². The van der Waals surface area contributed by atoms with E-state index in [-0.39, 0.29) is 48.6 Å². The first-order chi connectivity index (χ1) is 15.2. The van der Waals surface area contributed by atoms with E-state index in [2.05, 4.69) is 20.3 Å². The average Bonchev–Trinajstić information content (AvgIpc) is 3.30. The lowest BCUT2D eigenvalue weighted by molar-refractivity contribution is -0.118. The van der Waals surface area contributed by atoms with Gasteiger partial charge in [0.2, 0.25) is 11.9 Å². The monoisotopic (exact) mass is 471 g/mol. The van der Waals surface area contributed by atoms with Crippen LogP contribution >= 0.6 is 7.60 Å². The fraction of sp³-hybridized carbons (Fsp3) is 0.579. The van der Waals surface area contributed by atoms with E-state index in [0.717, 1.165) is 0 Å². The molecule has 13 heteroatoms. The number of aromatic amines is 1. The molecule has 32 heavy (non-hydrogen) atoms. The van der Waals surface area contributed by atoms with Crippen LogP contribution in [0.15, 0.2) is 23.0 Å². The fourth-order valence-electron chi connectivity index (χ4n) is 3.14. The van der Waals surface area contributed by atoms with Crippen molar-refractivity contribution in [3.8, 4) is 0 Å². The third kappa shape index (κ3) is 5.32. The average molecular weight is 471 g/mol. The number of alkyl halides is 1. The molecule has 0 bridgehead atoms. The van der Waals surface area contributed by atoms with Gasteiger partial charge in [-0.15, -0.1) is 0 Å². The summed E-state index contributed by atoms with van der Waals surface area (Å²) >= 11 is 0. The van der Waals surface area contributed by atoms with Crippen molar-refractivity contribution in [3.63, 3.8) is 0 Å². The number of carbonyl (C=O) groups is 1. The minimum absolute atomic E-state index is 0.0143. The molecule has 11 nitrogen and oxygen atoms in total. The minimum atomic E-state index is -3.45. The summed E-state index contributed by atoms with van der Waals surface area (Å²) in [5, 5.41) is 2.51. The molecule has 3 atom stereocenters. The van der Waals surface area contributed by atoms with Crippen molar-refractivity contribution in [1.29, 1.82) is 0 Å². The third-order valence-corrected chi connectivity index (χ3v) is 6.43. The number of anilines is 1. The van der Waals surface area contributed by atoms with Gasteiger partial charge in [-0.25, -0.2) is 9.37 Å². The second kappa shape index (κ2) is 10.0. The Hall–Kier alpha value is -2.40. The zero-order valence-electron chi connectivity index (χ0n) is 18.3. The first kappa shape index (κ1) is 24.2. The molecule has 2 aromatic heterocycles. The number of nitrogens with one attached hydrogen (secondary N) is 2. The maximum Gasteiger partial charge on any atom is 0.353 e. The van der Waals surface area contributed by atoms with Crippen molar-refractivity contribution < 1.29 is 27.5 Å². The quantitative estimate of drug-likeness (QED) is 0.532. The van der Waals surface area contributed by atoms with Crippen LogP contribution in [0.25, 0.3) is 11.2 Å². The summed E-state index contributed by atoms with van der Waals surface area (Å²) < 4.78 is 44.9. The number of halogens is 1. The molecule has 3 rings (SSSR count). The van der Waals surface area contributed by atoms with Crippen LogP contribution in [-0.2, 0) is 23.1 Å². The normalized spacial score (nSPS) is 21.8. The van der Waals surface area contributed by atoms with Crippen molar-refractivity contribution in [3.05, 3.63) is 28.6 Å². The van der Waals surface area contributed by atoms with Crippen LogP contribution < -0.4 is 10.9 Å². The smallest absolute Gasteiger partial charge is 0.347 e. The second-order valence-corrected chi connectivity index (χ2v) is 9.31. The number of amides is 1. The Morgan fingerprint density at radius 1 is 1.44 bits per heavy atom. The van der Waals surface area contributed by atoms with Crippen molar-refractivity contribution in [2.75, 3.05) is 18.5 Å². The van der Waals surface area contributed by atoms with E-state index < -0.39 is 31.7 Å². The van der Waals surface area contributed by atoms with Crippen molar-refractivity contribution in [2.45, 2.75) is 52.6 Å². The maximum absolute atomic E-state index is 14.8. The van der Waals surface area contributed by atoms with E-state index in [1.165, 1.54) is 22.8 Å². The topological polar surface area (TPSA) is 137 Å². The van der Waals surface area contributed by atoms with Gasteiger partial charge in [-0.1, -0.05) is 13.8 Å². The Morgan fingerprint density at radius 2 is 2.12 bits per heavy atom. The molecule has 0 spiro atoms. The predicted octanol–water partition coefficient (Wildman–Crippen LogP) is 3.12. The number of carbonyl (C=O) groups excluding carboxylic acids is 1. The van der Waals surface area contributed by atoms with Crippen LogP contribution in [0.4, 0.5) is 10.3 Å². The van der Waals surface area contributed by atoms with Crippen LogP contribution in [0.2, 0.25) is 0 Å². The van der Waals surface area contributed by atoms with Crippen molar-refractivity contribution >= 4 is 30.6 Å². The molecular formula is C19H27FN5O6P. The molecule has 1 aliphatic heterocycles. The van der Waals surface area contributed by atoms with Crippen molar-refractivity contribution in [2.24, 2.45) is 5.92 Å². The zero-order valence-corrected chi connectivity index (χ0v) is 19.2. The van der Waals surface area contributed by atoms with Gasteiger partial charge in [0, 0.05) is 18.2 Å². The summed E-state index contributed by atoms with van der Waals surface area (Å²) in [7, 11) is -3.45. The molecule has 1 aliphatic rings. The van der Waals surface area contributed by atoms with Gasteiger partial charge in [0.25, 0.3) is 5.56 Å². The summed E-state index contributed by atoms with van der Waals surface area (Å²) in [5.74, 6) is 0.541. The number of fused-ring (bicyclic) bond motifs is 1. The molecule has 1 saturated heterocycles. The molecular weight excluding hydrogens is 444 g/mol. The molecule has 3 heterocycles. The number of rotatable bonds is 9. The largest absolute Gasteiger partial charge is 0.353 e. The number of hydrogen-bond donors (Lipinski definition) is 2. The minimum Gasteiger partial charge on any atom is -0.347 e. The van der Waals surface area contributed by atoms with Gasteiger partial charge in [-0.2, -0.15) is 4.98 Å². The standard InChI is InChI=1S/C19H27FN5O6P/c1-5-29-32(28,30-6-2)8-7-12-9-13(20)18(31-12)25-10-21-14-15(25)22-19(24-17(14)27)23-16(26)11(3)4/h7-8,10-13,18H,5-6,9H2,1-4H3,(H2,22,23,24,26,27)/b8-7+/t12-,13-,18-/m1/s1. The zero-order chi connectivity index (χ0) is 23.5. The molecule has 2 N–H and O–H groups in total. The van der Waals surface area contributed by atoms with E-state index in [1.807, 2.05) is 0 Å². The van der Waals surface area contributed by atoms with Crippen LogP contribution in [0.3, 0.4) is 0 Å². The van der Waals surface area contributed by atoms with Gasteiger partial charge in [0.05, 0.1) is 25.6 Å². The van der Waals surface area contributed by atoms with E-state index in [0.29, 0.717) is 0 Å². The number of imidazole rings is 1. The Morgan fingerprint density at radius 3 is 2.75 bits per heavy atom. The molecule has 0 radical (unpaired) electrons. The van der Waals surface area contributed by atoms with Crippen LogP contribution in [0.5, 0.6) is 0 Å². The number of hydrogen-bond acceptors (Lipinski definition) is 8. The number of aromatic nitrogens is 4. The van der Waals surface area contributed by atoms with E-state index in [4.69, 9.17) is 13.8 Å². The molecule has 0 aromatic carbocycles. The maximum atomic E-state index is 14.8. The van der Waals surface area contributed by atoms with Gasteiger partial charge in [-0.3, -0.25) is 29.0 Å². The van der Waals surface area contributed by atoms with Crippen molar-refractivity contribution in [1.82, 2.24) is 19.5 Å². The lowest BCUT2D eigenvalue weighted by Gasteiger charge is -2.16. The SMILES string of the molecule is CCOP(=O)(/C=C/[C@@H]1C[C@@H](F)[C@H](n2cnc3c(=O)[nH]c(NC(=O)C(C)C)nc32)O1)OCC. The highest BCUT2D eigenvalue weighted by Crippen LogP contribution is 2.50. The van der Waals surface area contributed by atoms with Gasteiger partial charge in [0.15, 0.2) is 17.4 Å². The lowest BCUT2D eigenvalue weighted by atomic mass is 10.2. The van der Waals surface area contributed by atoms with Gasteiger partial charge < -0.3 is 13.8 Å². The highest BCUT2D eigenvalue weighted by molar-refractivity contribution is 7.57. The van der Waals surface area contributed by atoms with Gasteiger partial charge in [0.1, 0.15) is 6.17 Å². The van der Waals surface area contributed by atoms with Gasteiger partial charge in [-0.05, 0) is 19.9 Å². The molecule has 0 aliphatic carbocycles. The van der Waals surface area contributed by atoms with E-state index >= 15 is 0 Å². The molecule has 1 fully saturated rings. The highest BCUT2D eigenvalue weighted by atomic mass is 31.2. The molecule has 2 aromatic rings. The second-order valence-electron chi connectivity index (χ2n) is 7.42. The van der Waals surface area contributed by atoms with Crippen LogP contribution in [0, 0.1) is 5.92 Å². The van der Waals surface area contributed by atoms with Gasteiger partial charge >= 0.3 is 7.60 Å². The first-order valence-electron chi connectivity index (χ1n) is 10.3. The summed E-state index contributed by atoms with van der Waals surface area (Å²) in [5.41, 5.74) is -0.522. The summed E-state index contributed by atoms with van der Waals surface area (Å²) in [6.07, 6.45) is -0.573. The fourth-order valence-corrected chi connectivity index (χ4v) is 4.51. The predicted molar refractivity (Wildman–Crippen MR) is 115 cm³/mol. The Balaban J connectivity index is 1.85. The van der Waals surface area contributed by atoms with E-state index in [9.17, 15) is 18.5 Å². The number of nitrogens with zero attached hydrogens (tertiary/aromatic N) is 3. The third-order valence-electron chi connectivity index (χ3n) is 4.65. The highest BCUT2D eigenvalue weighted by Gasteiger charge is 2.37. The first-order valence-corrected chi connectivity index (χ1v) is 11.9. The van der Waals surface area contributed by atoms with E-state index in [1.54, 1.807) is 27.7 Å². The van der Waals surface area contributed by atoms with Crippen LogP contribution in [-0.4, -0.2) is 50.9 Å². The molecule has 1 amide bonds. The summed E-state index contributed by atoms with van der Waals surface area (Å²) in [6.45, 7) is 7.16. The molecule has 0 saturated carbocycles. The molecule has 176 valence electrons. The Bertz CT molecular complexity index is 1090. The summed E-state index contributed by atoms with van der Waals surface area (Å²) in [6, 6.07) is 0. The number of ether oxygens (including phenoxy) is 1.